The van der Waals surface area contributed by atoms with Crippen molar-refractivity contribution in [2.45, 2.75) is 58.8 Å². The van der Waals surface area contributed by atoms with Gasteiger partial charge in [-0.05, 0) is 18.8 Å². The summed E-state index contributed by atoms with van der Waals surface area (Å²) in [6, 6.07) is 0. The van der Waals surface area contributed by atoms with Crippen LogP contribution in [0.4, 0.5) is 0 Å². The van der Waals surface area contributed by atoms with Crippen LogP contribution in [0.3, 0.4) is 0 Å². The van der Waals surface area contributed by atoms with E-state index in [9.17, 15) is 8.42 Å². The molecule has 0 saturated heterocycles. The van der Waals surface area contributed by atoms with Crippen LogP contribution in [0.5, 0.6) is 0 Å². The summed E-state index contributed by atoms with van der Waals surface area (Å²) in [5.74, 6) is 0.651. The number of rotatable bonds is 8. The quantitative estimate of drug-likeness (QED) is 0.747. The minimum absolute atomic E-state index is 0.0723. The molecule has 4 nitrogen and oxygen atoms in total. The SMILES string of the molecule is CCC(CC)COCC1(CS(N)(=O)=O)CCCCC1. The maximum Gasteiger partial charge on any atom is 0.209 e. The Morgan fingerprint density at radius 2 is 1.74 bits per heavy atom. The first-order valence-electron chi connectivity index (χ1n) is 7.49. The van der Waals surface area contributed by atoms with Crippen LogP contribution in [0.1, 0.15) is 58.8 Å². The number of ether oxygens (including phenoxy) is 1. The number of sulfonamides is 1. The molecule has 1 aliphatic rings. The fraction of sp³-hybridized carbons (Fsp3) is 1.00. The van der Waals surface area contributed by atoms with Crippen molar-refractivity contribution in [3.8, 4) is 0 Å². The van der Waals surface area contributed by atoms with E-state index in [-0.39, 0.29) is 11.2 Å². The third-order valence-electron chi connectivity index (χ3n) is 4.34. The minimum Gasteiger partial charge on any atom is -0.381 e. The third kappa shape index (κ3) is 6.23. The van der Waals surface area contributed by atoms with E-state index in [4.69, 9.17) is 9.88 Å². The maximum atomic E-state index is 11.4. The van der Waals surface area contributed by atoms with Gasteiger partial charge in [-0.25, -0.2) is 13.6 Å². The van der Waals surface area contributed by atoms with E-state index >= 15 is 0 Å². The molecule has 5 heteroatoms. The van der Waals surface area contributed by atoms with Gasteiger partial charge in [0.1, 0.15) is 0 Å². The van der Waals surface area contributed by atoms with Crippen LogP contribution in [0, 0.1) is 11.3 Å². The van der Waals surface area contributed by atoms with Crippen LogP contribution < -0.4 is 5.14 Å². The van der Waals surface area contributed by atoms with Gasteiger partial charge in [-0.2, -0.15) is 0 Å². The maximum absolute atomic E-state index is 11.4. The van der Waals surface area contributed by atoms with E-state index in [0.29, 0.717) is 12.5 Å². The van der Waals surface area contributed by atoms with Crippen molar-refractivity contribution < 1.29 is 13.2 Å². The first kappa shape index (κ1) is 16.9. The second-order valence-electron chi connectivity index (χ2n) is 6.07. The second kappa shape index (κ2) is 7.60. The van der Waals surface area contributed by atoms with Crippen molar-refractivity contribution in [1.82, 2.24) is 0 Å². The molecule has 1 fully saturated rings. The van der Waals surface area contributed by atoms with Crippen molar-refractivity contribution in [1.29, 1.82) is 0 Å². The number of hydrogen-bond acceptors (Lipinski definition) is 3. The molecule has 0 spiro atoms. The molecule has 1 saturated carbocycles. The van der Waals surface area contributed by atoms with Crippen LogP contribution in [0.2, 0.25) is 0 Å². The Morgan fingerprint density at radius 1 is 1.16 bits per heavy atom. The Morgan fingerprint density at radius 3 is 2.21 bits per heavy atom. The van der Waals surface area contributed by atoms with E-state index in [1.54, 1.807) is 0 Å². The van der Waals surface area contributed by atoms with Crippen LogP contribution in [0.15, 0.2) is 0 Å². The highest BCUT2D eigenvalue weighted by atomic mass is 32.2. The van der Waals surface area contributed by atoms with E-state index < -0.39 is 10.0 Å². The van der Waals surface area contributed by atoms with Crippen molar-refractivity contribution >= 4 is 10.0 Å². The molecule has 1 rings (SSSR count). The summed E-state index contributed by atoms with van der Waals surface area (Å²) in [7, 11) is -3.42. The van der Waals surface area contributed by atoms with Gasteiger partial charge in [0.25, 0.3) is 0 Å². The molecule has 0 aliphatic heterocycles. The lowest BCUT2D eigenvalue weighted by molar-refractivity contribution is 0.0150. The molecule has 0 heterocycles. The fourth-order valence-corrected chi connectivity index (χ4v) is 4.25. The largest absolute Gasteiger partial charge is 0.381 e. The van der Waals surface area contributed by atoms with Gasteiger partial charge in [0.2, 0.25) is 10.0 Å². The summed E-state index contributed by atoms with van der Waals surface area (Å²) in [5, 5.41) is 5.25. The van der Waals surface area contributed by atoms with Crippen molar-refractivity contribution in [2.24, 2.45) is 16.5 Å². The Hall–Kier alpha value is -0.130. The molecule has 114 valence electrons. The molecule has 0 unspecified atom stereocenters. The number of nitrogens with two attached hydrogens (primary N) is 1. The average Bonchev–Trinajstić information content (AvgIpc) is 2.34. The van der Waals surface area contributed by atoms with Gasteiger partial charge >= 0.3 is 0 Å². The molecular formula is C14H29NO3S. The van der Waals surface area contributed by atoms with Gasteiger partial charge in [0.05, 0.1) is 12.4 Å². The van der Waals surface area contributed by atoms with Crippen LogP contribution in [-0.2, 0) is 14.8 Å². The Bertz CT molecular complexity index is 344. The highest BCUT2D eigenvalue weighted by Crippen LogP contribution is 2.37. The lowest BCUT2D eigenvalue weighted by Gasteiger charge is -2.36. The zero-order valence-electron chi connectivity index (χ0n) is 12.4. The monoisotopic (exact) mass is 291 g/mol. The zero-order valence-corrected chi connectivity index (χ0v) is 13.2. The Kier molecular flexibility index (Phi) is 6.77. The summed E-state index contributed by atoms with van der Waals surface area (Å²) < 4.78 is 28.7. The molecule has 0 radical (unpaired) electrons. The van der Waals surface area contributed by atoms with Crippen LogP contribution in [-0.4, -0.2) is 27.4 Å². The van der Waals surface area contributed by atoms with E-state index in [1.165, 1.54) is 6.42 Å². The van der Waals surface area contributed by atoms with Crippen LogP contribution >= 0.6 is 0 Å². The predicted molar refractivity (Wildman–Crippen MR) is 78.4 cm³/mol. The molecule has 0 bridgehead atoms. The van der Waals surface area contributed by atoms with E-state index in [1.807, 2.05) is 0 Å². The zero-order chi connectivity index (χ0) is 14.4. The predicted octanol–water partition coefficient (Wildman–Crippen LogP) is 2.68. The normalized spacial score (nSPS) is 19.8. The minimum atomic E-state index is -3.42. The molecule has 0 atom stereocenters. The summed E-state index contributed by atoms with van der Waals surface area (Å²) in [6.45, 7) is 5.61. The van der Waals surface area contributed by atoms with E-state index in [0.717, 1.165) is 45.1 Å². The molecule has 0 aromatic rings. The molecular weight excluding hydrogens is 262 g/mol. The number of primary sulfonamides is 1. The van der Waals surface area contributed by atoms with Gasteiger partial charge < -0.3 is 4.74 Å². The molecule has 0 aromatic carbocycles. The van der Waals surface area contributed by atoms with Crippen molar-refractivity contribution in [3.05, 3.63) is 0 Å². The first-order chi connectivity index (χ1) is 8.91. The lowest BCUT2D eigenvalue weighted by Crippen LogP contribution is -2.39. The Labute approximate surface area is 118 Å². The van der Waals surface area contributed by atoms with E-state index in [2.05, 4.69) is 13.8 Å². The lowest BCUT2D eigenvalue weighted by atomic mass is 9.76. The smallest absolute Gasteiger partial charge is 0.209 e. The molecule has 2 N–H and O–H groups in total. The molecule has 19 heavy (non-hydrogen) atoms. The first-order valence-corrected chi connectivity index (χ1v) is 9.20. The number of hydrogen-bond donors (Lipinski definition) is 1. The van der Waals surface area contributed by atoms with Gasteiger partial charge in [-0.3, -0.25) is 0 Å². The van der Waals surface area contributed by atoms with Crippen molar-refractivity contribution in [3.63, 3.8) is 0 Å². The summed E-state index contributed by atoms with van der Waals surface area (Å²) in [6.07, 6.45) is 7.43. The average molecular weight is 291 g/mol. The second-order valence-corrected chi connectivity index (χ2v) is 7.68. The highest BCUT2D eigenvalue weighted by molar-refractivity contribution is 7.89. The Balaban J connectivity index is 2.55. The topological polar surface area (TPSA) is 69.4 Å². The fourth-order valence-electron chi connectivity index (χ4n) is 3.03. The van der Waals surface area contributed by atoms with Gasteiger partial charge in [0.15, 0.2) is 0 Å². The molecule has 1 aliphatic carbocycles. The molecule has 0 aromatic heterocycles. The van der Waals surface area contributed by atoms with Crippen LogP contribution in [0.25, 0.3) is 0 Å². The third-order valence-corrected chi connectivity index (χ3v) is 5.35. The summed E-state index contributed by atoms with van der Waals surface area (Å²) >= 11 is 0. The summed E-state index contributed by atoms with van der Waals surface area (Å²) in [4.78, 5) is 0. The standard InChI is InChI=1S/C14H29NO3S/c1-3-13(4-2)10-18-11-14(12-19(15,16)17)8-6-5-7-9-14/h13H,3-12H2,1-2H3,(H2,15,16,17). The highest BCUT2D eigenvalue weighted by Gasteiger charge is 2.36. The van der Waals surface area contributed by atoms with Gasteiger partial charge in [-0.15, -0.1) is 0 Å². The van der Waals surface area contributed by atoms with Gasteiger partial charge in [0, 0.05) is 12.0 Å². The summed E-state index contributed by atoms with van der Waals surface area (Å²) in [5.41, 5.74) is -0.238. The molecule has 0 amide bonds. The van der Waals surface area contributed by atoms with Gasteiger partial charge in [-0.1, -0.05) is 46.0 Å². The van der Waals surface area contributed by atoms with Crippen molar-refractivity contribution in [2.75, 3.05) is 19.0 Å².